The van der Waals surface area contributed by atoms with Crippen molar-refractivity contribution in [1.29, 1.82) is 0 Å². The molecular formula is C10H17NO2. The summed E-state index contributed by atoms with van der Waals surface area (Å²) in [5, 5.41) is 18.5. The Labute approximate surface area is 79.4 Å². The topological polar surface area (TPSA) is 43.7 Å². The van der Waals surface area contributed by atoms with Gasteiger partial charge in [-0.25, -0.2) is 0 Å². The van der Waals surface area contributed by atoms with Crippen LogP contribution in [0.2, 0.25) is 0 Å². The van der Waals surface area contributed by atoms with Crippen LogP contribution in [0.5, 0.6) is 0 Å². The Morgan fingerprint density at radius 1 is 1.54 bits per heavy atom. The summed E-state index contributed by atoms with van der Waals surface area (Å²) in [7, 11) is 0. The van der Waals surface area contributed by atoms with Crippen LogP contribution in [0.25, 0.3) is 0 Å². The fraction of sp³-hybridized carbons (Fsp3) is 0.800. The largest absolute Gasteiger partial charge is 0.395 e. The molecule has 0 aromatic carbocycles. The van der Waals surface area contributed by atoms with E-state index in [-0.39, 0.29) is 18.8 Å². The highest BCUT2D eigenvalue weighted by molar-refractivity contribution is 4.88. The van der Waals surface area contributed by atoms with Crippen LogP contribution in [0.1, 0.15) is 19.3 Å². The Kier molecular flexibility index (Phi) is 4.23. The van der Waals surface area contributed by atoms with Crippen molar-refractivity contribution >= 4 is 0 Å². The lowest BCUT2D eigenvalue weighted by molar-refractivity contribution is 0.0711. The van der Waals surface area contributed by atoms with E-state index in [2.05, 4.69) is 10.8 Å². The van der Waals surface area contributed by atoms with Gasteiger partial charge in [-0.15, -0.1) is 12.3 Å². The average Bonchev–Trinajstić information content (AvgIpc) is 2.47. The third kappa shape index (κ3) is 2.70. The lowest BCUT2D eigenvalue weighted by atomic mass is 10.2. The van der Waals surface area contributed by atoms with Gasteiger partial charge in [-0.1, -0.05) is 0 Å². The molecule has 1 aliphatic rings. The second kappa shape index (κ2) is 5.23. The van der Waals surface area contributed by atoms with Gasteiger partial charge < -0.3 is 10.2 Å². The number of rotatable bonds is 4. The molecule has 1 heterocycles. The van der Waals surface area contributed by atoms with Gasteiger partial charge in [0.2, 0.25) is 0 Å². The molecular weight excluding hydrogens is 166 g/mol. The summed E-state index contributed by atoms with van der Waals surface area (Å²) in [6.07, 6.45) is 7.25. The minimum atomic E-state index is -0.365. The van der Waals surface area contributed by atoms with Crippen LogP contribution >= 0.6 is 0 Å². The summed E-state index contributed by atoms with van der Waals surface area (Å²) in [5.74, 6) is 2.58. The first-order chi connectivity index (χ1) is 6.29. The first-order valence-electron chi connectivity index (χ1n) is 4.76. The van der Waals surface area contributed by atoms with Crippen molar-refractivity contribution in [2.75, 3.05) is 19.7 Å². The third-order valence-electron chi connectivity index (χ3n) is 2.58. The van der Waals surface area contributed by atoms with E-state index in [4.69, 9.17) is 11.5 Å². The summed E-state index contributed by atoms with van der Waals surface area (Å²) in [6, 6.07) is -0.0715. The number of unbranched alkanes of at least 4 members (excludes halogenated alkanes) is 1. The summed E-state index contributed by atoms with van der Waals surface area (Å²) in [5.41, 5.74) is 0. The van der Waals surface area contributed by atoms with E-state index in [1.807, 2.05) is 0 Å². The minimum absolute atomic E-state index is 0.0389. The number of hydrogen-bond donors (Lipinski definition) is 2. The highest BCUT2D eigenvalue weighted by Gasteiger charge is 2.31. The van der Waals surface area contributed by atoms with Crippen LogP contribution < -0.4 is 0 Å². The van der Waals surface area contributed by atoms with E-state index in [0.29, 0.717) is 0 Å². The van der Waals surface area contributed by atoms with E-state index < -0.39 is 0 Å². The molecule has 1 saturated heterocycles. The summed E-state index contributed by atoms with van der Waals surface area (Å²) >= 11 is 0. The predicted molar refractivity (Wildman–Crippen MR) is 51.1 cm³/mol. The van der Waals surface area contributed by atoms with Crippen molar-refractivity contribution in [2.24, 2.45) is 0 Å². The molecule has 2 atom stereocenters. The molecule has 0 aromatic rings. The minimum Gasteiger partial charge on any atom is -0.395 e. The van der Waals surface area contributed by atoms with Gasteiger partial charge in [-0.2, -0.15) is 0 Å². The van der Waals surface area contributed by atoms with Crippen LogP contribution in [0.3, 0.4) is 0 Å². The van der Waals surface area contributed by atoms with Gasteiger partial charge in [0.25, 0.3) is 0 Å². The number of nitrogens with zero attached hydrogens (tertiary/aromatic N) is 1. The molecule has 1 aliphatic heterocycles. The zero-order chi connectivity index (χ0) is 9.68. The van der Waals surface area contributed by atoms with Crippen molar-refractivity contribution in [2.45, 2.75) is 31.4 Å². The second-order valence-electron chi connectivity index (χ2n) is 3.45. The molecule has 0 aromatic heterocycles. The first-order valence-corrected chi connectivity index (χ1v) is 4.76. The van der Waals surface area contributed by atoms with Crippen LogP contribution in [0.4, 0.5) is 0 Å². The van der Waals surface area contributed by atoms with Crippen molar-refractivity contribution in [3.8, 4) is 12.3 Å². The zero-order valence-electron chi connectivity index (χ0n) is 7.82. The zero-order valence-corrected chi connectivity index (χ0v) is 7.82. The van der Waals surface area contributed by atoms with Gasteiger partial charge in [0.15, 0.2) is 0 Å². The average molecular weight is 183 g/mol. The maximum absolute atomic E-state index is 9.47. The molecule has 3 heteroatoms. The van der Waals surface area contributed by atoms with Crippen molar-refractivity contribution in [3.05, 3.63) is 0 Å². The molecule has 0 bridgehead atoms. The number of aliphatic hydroxyl groups excluding tert-OH is 2. The van der Waals surface area contributed by atoms with Gasteiger partial charge >= 0.3 is 0 Å². The Bertz CT molecular complexity index is 188. The summed E-state index contributed by atoms with van der Waals surface area (Å²) < 4.78 is 0. The van der Waals surface area contributed by atoms with Crippen molar-refractivity contribution in [1.82, 2.24) is 4.90 Å². The Balaban J connectivity index is 2.29. The van der Waals surface area contributed by atoms with Crippen molar-refractivity contribution < 1.29 is 10.2 Å². The summed E-state index contributed by atoms with van der Waals surface area (Å²) in [4.78, 5) is 2.11. The lowest BCUT2D eigenvalue weighted by Gasteiger charge is -2.23. The van der Waals surface area contributed by atoms with Crippen LogP contribution in [0, 0.1) is 12.3 Å². The molecule has 13 heavy (non-hydrogen) atoms. The van der Waals surface area contributed by atoms with Gasteiger partial charge in [0.05, 0.1) is 18.8 Å². The molecule has 1 rings (SSSR count). The number of likely N-dealkylation sites (tertiary alicyclic amines) is 1. The van der Waals surface area contributed by atoms with Crippen molar-refractivity contribution in [3.63, 3.8) is 0 Å². The molecule has 3 nitrogen and oxygen atoms in total. The Morgan fingerprint density at radius 3 is 2.92 bits per heavy atom. The van der Waals surface area contributed by atoms with E-state index in [9.17, 15) is 5.11 Å². The Hall–Kier alpha value is -0.560. The van der Waals surface area contributed by atoms with Gasteiger partial charge in [-0.3, -0.25) is 4.90 Å². The second-order valence-corrected chi connectivity index (χ2v) is 3.45. The van der Waals surface area contributed by atoms with E-state index in [0.717, 1.165) is 32.4 Å². The molecule has 0 spiro atoms. The third-order valence-corrected chi connectivity index (χ3v) is 2.58. The maximum Gasteiger partial charge on any atom is 0.0729 e. The monoisotopic (exact) mass is 183 g/mol. The standard InChI is InChI=1S/C10H17NO2/c1-2-3-4-6-11-7-5-10(13)9(11)8-12/h1,9-10,12-13H,3-8H2/t9-,10+/m0/s1. The fourth-order valence-corrected chi connectivity index (χ4v) is 1.80. The lowest BCUT2D eigenvalue weighted by Crippen LogP contribution is -2.38. The van der Waals surface area contributed by atoms with Gasteiger partial charge in [0.1, 0.15) is 0 Å². The number of terminal acetylenes is 1. The SMILES string of the molecule is C#CCCCN1CC[C@@H](O)[C@@H]1CO. The predicted octanol–water partition coefficient (Wildman–Crippen LogP) is -0.173. The van der Waals surface area contributed by atoms with Crippen LogP contribution in [0.15, 0.2) is 0 Å². The van der Waals surface area contributed by atoms with E-state index >= 15 is 0 Å². The number of aliphatic hydroxyl groups is 2. The normalized spacial score (nSPS) is 29.0. The number of hydrogen-bond acceptors (Lipinski definition) is 3. The molecule has 0 unspecified atom stereocenters. The maximum atomic E-state index is 9.47. The molecule has 2 N–H and O–H groups in total. The fourth-order valence-electron chi connectivity index (χ4n) is 1.80. The Morgan fingerprint density at radius 2 is 2.31 bits per heavy atom. The van der Waals surface area contributed by atoms with Crippen LogP contribution in [-0.4, -0.2) is 47.0 Å². The quantitative estimate of drug-likeness (QED) is 0.469. The smallest absolute Gasteiger partial charge is 0.0729 e. The van der Waals surface area contributed by atoms with E-state index in [1.165, 1.54) is 0 Å². The molecule has 0 radical (unpaired) electrons. The van der Waals surface area contributed by atoms with Crippen LogP contribution in [-0.2, 0) is 0 Å². The highest BCUT2D eigenvalue weighted by Crippen LogP contribution is 2.17. The molecule has 1 fully saturated rings. The molecule has 0 aliphatic carbocycles. The van der Waals surface area contributed by atoms with Gasteiger partial charge in [-0.05, 0) is 19.4 Å². The molecule has 74 valence electrons. The van der Waals surface area contributed by atoms with Gasteiger partial charge in [0, 0.05) is 13.0 Å². The van der Waals surface area contributed by atoms with E-state index in [1.54, 1.807) is 0 Å². The molecule has 0 amide bonds. The highest BCUT2D eigenvalue weighted by atomic mass is 16.3. The molecule has 0 saturated carbocycles. The summed E-state index contributed by atoms with van der Waals surface area (Å²) in [6.45, 7) is 1.79. The first kappa shape index (κ1) is 10.5.